The zero-order valence-electron chi connectivity index (χ0n) is 12.7. The van der Waals surface area contributed by atoms with E-state index >= 15 is 0 Å². The summed E-state index contributed by atoms with van der Waals surface area (Å²) in [6, 6.07) is 13.7. The topological polar surface area (TPSA) is 75.3 Å². The summed E-state index contributed by atoms with van der Waals surface area (Å²) in [6.07, 6.45) is 2.46. The lowest BCUT2D eigenvalue weighted by atomic mass is 10.0. The van der Waals surface area contributed by atoms with Crippen molar-refractivity contribution in [3.05, 3.63) is 78.4 Å². The summed E-state index contributed by atoms with van der Waals surface area (Å²) in [5, 5.41) is 5.32. The van der Waals surface area contributed by atoms with Gasteiger partial charge in [0.1, 0.15) is 0 Å². The van der Waals surface area contributed by atoms with Gasteiger partial charge < -0.3 is 10.6 Å². The zero-order chi connectivity index (χ0) is 17.1. The molecule has 0 aromatic heterocycles. The van der Waals surface area contributed by atoms with E-state index in [1.807, 2.05) is 12.1 Å². The predicted molar refractivity (Wildman–Crippen MR) is 92.6 cm³/mol. The first kappa shape index (κ1) is 15.4. The van der Waals surface area contributed by atoms with Crippen molar-refractivity contribution in [2.75, 3.05) is 10.6 Å². The van der Waals surface area contributed by atoms with E-state index in [9.17, 15) is 14.4 Å². The second-order valence-electron chi connectivity index (χ2n) is 5.20. The third-order valence-corrected chi connectivity index (χ3v) is 3.59. The lowest BCUT2D eigenvalue weighted by Crippen LogP contribution is -2.08. The number of carbonyl (C=O) groups excluding carboxylic acids is 3. The fourth-order valence-electron chi connectivity index (χ4n) is 2.44. The van der Waals surface area contributed by atoms with Gasteiger partial charge >= 0.3 is 0 Å². The number of amides is 2. The molecule has 0 fully saturated rings. The van der Waals surface area contributed by atoms with Gasteiger partial charge in [-0.05, 0) is 30.4 Å². The van der Waals surface area contributed by atoms with Gasteiger partial charge in [0.2, 0.25) is 5.91 Å². The van der Waals surface area contributed by atoms with Crippen LogP contribution in [-0.2, 0) is 9.59 Å². The van der Waals surface area contributed by atoms with Crippen LogP contribution < -0.4 is 10.6 Å². The van der Waals surface area contributed by atoms with Crippen molar-refractivity contribution in [3.63, 3.8) is 0 Å². The summed E-state index contributed by atoms with van der Waals surface area (Å²) in [7, 11) is 0. The summed E-state index contributed by atoms with van der Waals surface area (Å²) >= 11 is 0. The number of fused-ring (bicyclic) bond motifs is 1. The minimum atomic E-state index is -0.359. The molecule has 1 heterocycles. The molecule has 1 aliphatic heterocycles. The van der Waals surface area contributed by atoms with Crippen molar-refractivity contribution in [3.8, 4) is 0 Å². The van der Waals surface area contributed by atoms with Gasteiger partial charge in [-0.2, -0.15) is 0 Å². The van der Waals surface area contributed by atoms with E-state index in [4.69, 9.17) is 0 Å². The summed E-state index contributed by atoms with van der Waals surface area (Å²) < 4.78 is 0. The molecule has 3 rings (SSSR count). The molecule has 2 amide bonds. The van der Waals surface area contributed by atoms with Crippen LogP contribution in [0.1, 0.15) is 15.9 Å². The first-order chi connectivity index (χ1) is 11.6. The first-order valence-corrected chi connectivity index (χ1v) is 7.29. The molecule has 2 aromatic carbocycles. The van der Waals surface area contributed by atoms with Crippen molar-refractivity contribution in [2.24, 2.45) is 0 Å². The van der Waals surface area contributed by atoms with Gasteiger partial charge in [0.15, 0.2) is 5.78 Å². The number of hydrogen-bond donors (Lipinski definition) is 2. The minimum Gasteiger partial charge on any atom is -0.323 e. The van der Waals surface area contributed by atoms with E-state index in [0.29, 0.717) is 28.1 Å². The second kappa shape index (κ2) is 6.34. The normalized spacial score (nSPS) is 14.0. The van der Waals surface area contributed by atoms with Crippen molar-refractivity contribution in [1.82, 2.24) is 0 Å². The Morgan fingerprint density at radius 3 is 2.67 bits per heavy atom. The highest BCUT2D eigenvalue weighted by Gasteiger charge is 2.24. The minimum absolute atomic E-state index is 0.305. The first-order valence-electron chi connectivity index (χ1n) is 7.29. The Bertz CT molecular complexity index is 897. The molecule has 0 radical (unpaired) electrons. The van der Waals surface area contributed by atoms with Crippen molar-refractivity contribution >= 4 is 34.5 Å². The van der Waals surface area contributed by atoms with Crippen LogP contribution in [0.5, 0.6) is 0 Å². The largest absolute Gasteiger partial charge is 0.323 e. The van der Waals surface area contributed by atoms with Gasteiger partial charge in [0.25, 0.3) is 5.91 Å². The van der Waals surface area contributed by atoms with E-state index in [-0.39, 0.29) is 17.6 Å². The molecule has 0 saturated heterocycles. The maximum atomic E-state index is 12.5. The quantitative estimate of drug-likeness (QED) is 0.672. The molecular weight excluding hydrogens is 304 g/mol. The van der Waals surface area contributed by atoms with Crippen LogP contribution in [0.3, 0.4) is 0 Å². The number of carbonyl (C=O) groups is 3. The number of nitrogens with one attached hydrogen (secondary N) is 2. The molecule has 118 valence electrons. The third kappa shape index (κ3) is 3.01. The average Bonchev–Trinajstić information content (AvgIpc) is 2.90. The molecule has 5 nitrogen and oxygen atoms in total. The van der Waals surface area contributed by atoms with E-state index in [2.05, 4.69) is 17.2 Å². The molecule has 1 aliphatic rings. The lowest BCUT2D eigenvalue weighted by Gasteiger charge is -2.04. The molecule has 24 heavy (non-hydrogen) atoms. The number of allylic oxidation sites excluding steroid dienone is 1. The molecule has 0 unspecified atom stereocenters. The zero-order valence-corrected chi connectivity index (χ0v) is 12.7. The van der Waals surface area contributed by atoms with Gasteiger partial charge in [0.05, 0.1) is 5.57 Å². The van der Waals surface area contributed by atoms with Crippen LogP contribution in [0.2, 0.25) is 0 Å². The number of para-hydroxylation sites is 1. The molecule has 2 N–H and O–H groups in total. The summed E-state index contributed by atoms with van der Waals surface area (Å²) in [5.41, 5.74) is 2.58. The number of anilines is 2. The Morgan fingerprint density at radius 2 is 1.88 bits per heavy atom. The van der Waals surface area contributed by atoms with Gasteiger partial charge in [-0.1, -0.05) is 36.9 Å². The second-order valence-corrected chi connectivity index (χ2v) is 5.20. The number of ketones is 1. The number of hydrogen-bond acceptors (Lipinski definition) is 3. The molecule has 0 aliphatic carbocycles. The van der Waals surface area contributed by atoms with Crippen LogP contribution in [-0.4, -0.2) is 17.6 Å². The SMILES string of the molecule is C=CC(=O)Nc1cccc(C(=O)/C=C2/C(=O)Nc3ccccc32)c1. The monoisotopic (exact) mass is 318 g/mol. The smallest absolute Gasteiger partial charge is 0.256 e. The van der Waals surface area contributed by atoms with Gasteiger partial charge in [-0.15, -0.1) is 0 Å². The maximum absolute atomic E-state index is 12.5. The van der Waals surface area contributed by atoms with Crippen LogP contribution >= 0.6 is 0 Å². The highest BCUT2D eigenvalue weighted by molar-refractivity contribution is 6.35. The highest BCUT2D eigenvalue weighted by atomic mass is 16.2. The molecule has 0 bridgehead atoms. The Kier molecular flexibility index (Phi) is 4.07. The average molecular weight is 318 g/mol. The van der Waals surface area contributed by atoms with Gasteiger partial charge in [-0.3, -0.25) is 14.4 Å². The molecule has 2 aromatic rings. The van der Waals surface area contributed by atoms with E-state index in [1.54, 1.807) is 36.4 Å². The Hall–Kier alpha value is -3.47. The maximum Gasteiger partial charge on any atom is 0.256 e. The number of rotatable bonds is 4. The molecule has 0 atom stereocenters. The molecular formula is C19H14N2O3. The van der Waals surface area contributed by atoms with Crippen LogP contribution in [0.15, 0.2) is 67.3 Å². The van der Waals surface area contributed by atoms with E-state index in [0.717, 1.165) is 6.08 Å². The predicted octanol–water partition coefficient (Wildman–Crippen LogP) is 3.03. The van der Waals surface area contributed by atoms with Crippen LogP contribution in [0.25, 0.3) is 5.57 Å². The summed E-state index contributed by atoms with van der Waals surface area (Å²) in [4.78, 5) is 35.9. The van der Waals surface area contributed by atoms with Crippen molar-refractivity contribution in [1.29, 1.82) is 0 Å². The lowest BCUT2D eigenvalue weighted by molar-refractivity contribution is -0.112. The molecule has 5 heteroatoms. The summed E-state index contributed by atoms with van der Waals surface area (Å²) in [6.45, 7) is 3.38. The Balaban J connectivity index is 1.90. The van der Waals surface area contributed by atoms with Gasteiger partial charge in [-0.25, -0.2) is 0 Å². The van der Waals surface area contributed by atoms with Crippen LogP contribution in [0.4, 0.5) is 11.4 Å². The summed E-state index contributed by atoms with van der Waals surface area (Å²) in [5.74, 6) is -0.978. The van der Waals surface area contributed by atoms with Crippen molar-refractivity contribution in [2.45, 2.75) is 0 Å². The van der Waals surface area contributed by atoms with E-state index < -0.39 is 0 Å². The molecule has 0 spiro atoms. The third-order valence-electron chi connectivity index (χ3n) is 3.59. The van der Waals surface area contributed by atoms with Gasteiger partial charge in [0, 0.05) is 22.5 Å². The van der Waals surface area contributed by atoms with Crippen LogP contribution in [0, 0.1) is 0 Å². The Labute approximate surface area is 138 Å². The fourth-order valence-corrected chi connectivity index (χ4v) is 2.44. The van der Waals surface area contributed by atoms with Crippen molar-refractivity contribution < 1.29 is 14.4 Å². The Morgan fingerprint density at radius 1 is 1.08 bits per heavy atom. The standard InChI is InChI=1S/C19H14N2O3/c1-2-18(23)20-13-7-5-6-12(10-13)17(22)11-15-14-8-3-4-9-16(14)21-19(15)24/h2-11H,1H2,(H,20,23)(H,21,24)/b15-11+. The highest BCUT2D eigenvalue weighted by Crippen LogP contribution is 2.31. The molecule has 0 saturated carbocycles. The fraction of sp³-hybridized carbons (Fsp3) is 0. The number of benzene rings is 2. The van der Waals surface area contributed by atoms with E-state index in [1.165, 1.54) is 6.08 Å².